The molecule has 0 aromatic carbocycles. The maximum Gasteiger partial charge on any atom is 0.242 e. The summed E-state index contributed by atoms with van der Waals surface area (Å²) in [5.41, 5.74) is 0.177. The highest BCUT2D eigenvalue weighted by Crippen LogP contribution is 2.31. The molecule has 0 aliphatic carbocycles. The van der Waals surface area contributed by atoms with Gasteiger partial charge in [-0.1, -0.05) is 5.21 Å². The fourth-order valence-corrected chi connectivity index (χ4v) is 3.02. The van der Waals surface area contributed by atoms with E-state index < -0.39 is 5.54 Å². The molecule has 124 valence electrons. The maximum absolute atomic E-state index is 12.4. The van der Waals surface area contributed by atoms with Gasteiger partial charge in [0.15, 0.2) is 0 Å². The van der Waals surface area contributed by atoms with E-state index in [2.05, 4.69) is 41.3 Å². The number of carbonyl (C=O) groups excluding carboxylic acids is 1. The van der Waals surface area contributed by atoms with Gasteiger partial charge >= 0.3 is 0 Å². The number of ether oxygens (including phenoxy) is 1. The van der Waals surface area contributed by atoms with E-state index in [1.165, 1.54) is 0 Å². The summed E-state index contributed by atoms with van der Waals surface area (Å²) < 4.78 is 7.19. The number of likely N-dealkylation sites (N-methyl/N-ethyl adjacent to an activating group) is 1. The van der Waals surface area contributed by atoms with Crippen LogP contribution in [-0.4, -0.2) is 58.6 Å². The number of nitrogens with one attached hydrogen (secondary N) is 1. The Morgan fingerprint density at radius 2 is 2.23 bits per heavy atom. The highest BCUT2D eigenvalue weighted by molar-refractivity contribution is 5.86. The summed E-state index contributed by atoms with van der Waals surface area (Å²) in [7, 11) is 3.31. The number of aromatic nitrogens is 3. The van der Waals surface area contributed by atoms with E-state index in [0.29, 0.717) is 13.2 Å². The van der Waals surface area contributed by atoms with Gasteiger partial charge < -0.3 is 10.1 Å². The van der Waals surface area contributed by atoms with Gasteiger partial charge in [-0.15, -0.1) is 5.10 Å². The molecular weight excluding hydrogens is 282 g/mol. The molecule has 1 aromatic heterocycles. The zero-order valence-electron chi connectivity index (χ0n) is 14.2. The minimum absolute atomic E-state index is 0.00932. The molecule has 2 heterocycles. The summed E-state index contributed by atoms with van der Waals surface area (Å²) in [6, 6.07) is 0. The molecule has 1 aromatic rings. The first-order valence-electron chi connectivity index (χ1n) is 7.71. The molecule has 1 atom stereocenters. The predicted octanol–water partition coefficient (Wildman–Crippen LogP) is 0.760. The Morgan fingerprint density at radius 1 is 1.50 bits per heavy atom. The lowest BCUT2D eigenvalue weighted by Crippen LogP contribution is -2.57. The molecule has 2 rings (SSSR count). The van der Waals surface area contributed by atoms with Gasteiger partial charge in [-0.2, -0.15) is 0 Å². The van der Waals surface area contributed by atoms with E-state index in [0.717, 1.165) is 25.1 Å². The summed E-state index contributed by atoms with van der Waals surface area (Å²) in [5, 5.41) is 11.2. The van der Waals surface area contributed by atoms with Crippen LogP contribution in [0.4, 0.5) is 0 Å². The predicted molar refractivity (Wildman–Crippen MR) is 83.3 cm³/mol. The Morgan fingerprint density at radius 3 is 2.77 bits per heavy atom. The van der Waals surface area contributed by atoms with Crippen molar-refractivity contribution >= 4 is 5.91 Å². The molecule has 1 aliphatic heterocycles. The quantitative estimate of drug-likeness (QED) is 0.869. The average Bonchev–Trinajstić information content (AvgIpc) is 3.07. The van der Waals surface area contributed by atoms with E-state index in [-0.39, 0.29) is 11.4 Å². The van der Waals surface area contributed by atoms with Crippen LogP contribution in [0.15, 0.2) is 6.20 Å². The molecule has 1 unspecified atom stereocenters. The smallest absolute Gasteiger partial charge is 0.242 e. The van der Waals surface area contributed by atoms with Gasteiger partial charge in [-0.05, 0) is 40.2 Å². The zero-order valence-corrected chi connectivity index (χ0v) is 14.2. The van der Waals surface area contributed by atoms with Crippen LogP contribution in [-0.2, 0) is 21.6 Å². The third-order valence-corrected chi connectivity index (χ3v) is 4.24. The minimum Gasteiger partial charge on any atom is -0.382 e. The first-order valence-corrected chi connectivity index (χ1v) is 7.71. The van der Waals surface area contributed by atoms with Crippen molar-refractivity contribution in [3.63, 3.8) is 0 Å². The summed E-state index contributed by atoms with van der Waals surface area (Å²) >= 11 is 0. The maximum atomic E-state index is 12.4. The lowest BCUT2D eigenvalue weighted by Gasteiger charge is -2.35. The Kier molecular flexibility index (Phi) is 4.87. The van der Waals surface area contributed by atoms with Crippen molar-refractivity contribution < 1.29 is 9.53 Å². The van der Waals surface area contributed by atoms with Crippen LogP contribution in [0.3, 0.4) is 0 Å². The molecular formula is C15H27N5O2. The van der Waals surface area contributed by atoms with E-state index in [9.17, 15) is 4.79 Å². The molecule has 1 saturated heterocycles. The lowest BCUT2D eigenvalue weighted by molar-refractivity contribution is -0.135. The SMILES string of the molecule is CNC(=O)C1(COC)CCCN1Cc1cn(C(C)(C)C)nn1. The first-order chi connectivity index (χ1) is 10.3. The summed E-state index contributed by atoms with van der Waals surface area (Å²) in [6.07, 6.45) is 3.73. The van der Waals surface area contributed by atoms with Crippen molar-refractivity contribution in [2.24, 2.45) is 0 Å². The monoisotopic (exact) mass is 309 g/mol. The Labute approximate surface area is 132 Å². The molecule has 22 heavy (non-hydrogen) atoms. The van der Waals surface area contributed by atoms with Crippen molar-refractivity contribution in [3.8, 4) is 0 Å². The van der Waals surface area contributed by atoms with Gasteiger partial charge in [0.25, 0.3) is 0 Å². The zero-order chi connectivity index (χ0) is 16.4. The Hall–Kier alpha value is -1.47. The lowest BCUT2D eigenvalue weighted by atomic mass is 9.95. The molecule has 7 nitrogen and oxygen atoms in total. The Balaban J connectivity index is 2.19. The number of hydrogen-bond donors (Lipinski definition) is 1. The largest absolute Gasteiger partial charge is 0.382 e. The molecule has 1 aliphatic rings. The molecule has 0 radical (unpaired) electrons. The number of rotatable bonds is 5. The van der Waals surface area contributed by atoms with E-state index in [1.807, 2.05) is 10.9 Å². The molecule has 1 N–H and O–H groups in total. The van der Waals surface area contributed by atoms with Crippen molar-refractivity contribution in [2.45, 2.75) is 51.2 Å². The van der Waals surface area contributed by atoms with Crippen LogP contribution in [0.1, 0.15) is 39.3 Å². The summed E-state index contributed by atoms with van der Waals surface area (Å²) in [5.74, 6) is 0.00932. The van der Waals surface area contributed by atoms with Gasteiger partial charge in [-0.3, -0.25) is 9.69 Å². The van der Waals surface area contributed by atoms with Gasteiger partial charge in [-0.25, -0.2) is 4.68 Å². The number of hydrogen-bond acceptors (Lipinski definition) is 5. The van der Waals surface area contributed by atoms with Crippen LogP contribution >= 0.6 is 0 Å². The number of amides is 1. The fourth-order valence-electron chi connectivity index (χ4n) is 3.02. The van der Waals surface area contributed by atoms with Crippen molar-refractivity contribution in [2.75, 3.05) is 27.3 Å². The normalized spacial score (nSPS) is 23.0. The molecule has 0 bridgehead atoms. The van der Waals surface area contributed by atoms with E-state index in [1.54, 1.807) is 14.2 Å². The first kappa shape index (κ1) is 16.9. The summed E-state index contributed by atoms with van der Waals surface area (Å²) in [6.45, 7) is 8.11. The molecule has 1 fully saturated rings. The Bertz CT molecular complexity index is 522. The van der Waals surface area contributed by atoms with Gasteiger partial charge in [0, 0.05) is 20.7 Å². The van der Waals surface area contributed by atoms with E-state index >= 15 is 0 Å². The van der Waals surface area contributed by atoms with Crippen LogP contribution in [0.25, 0.3) is 0 Å². The summed E-state index contributed by atoms with van der Waals surface area (Å²) in [4.78, 5) is 14.6. The fraction of sp³-hybridized carbons (Fsp3) is 0.800. The highest BCUT2D eigenvalue weighted by Gasteiger charge is 2.47. The second-order valence-electron chi connectivity index (χ2n) is 6.89. The molecule has 0 saturated carbocycles. The second kappa shape index (κ2) is 6.34. The number of likely N-dealkylation sites (tertiary alicyclic amines) is 1. The number of nitrogens with zero attached hydrogens (tertiary/aromatic N) is 4. The average molecular weight is 309 g/mol. The topological polar surface area (TPSA) is 72.3 Å². The molecule has 0 spiro atoms. The third-order valence-electron chi connectivity index (χ3n) is 4.24. The van der Waals surface area contributed by atoms with Crippen molar-refractivity contribution in [1.82, 2.24) is 25.2 Å². The standard InChI is InChI=1S/C15H27N5O2/c1-14(2,3)20-10-12(17-18-20)9-19-8-6-7-15(19,11-22-5)13(21)16-4/h10H,6-9,11H2,1-5H3,(H,16,21). The van der Waals surface area contributed by atoms with Crippen LogP contribution < -0.4 is 5.32 Å². The van der Waals surface area contributed by atoms with Crippen LogP contribution in [0, 0.1) is 0 Å². The third kappa shape index (κ3) is 3.15. The second-order valence-corrected chi connectivity index (χ2v) is 6.89. The van der Waals surface area contributed by atoms with E-state index in [4.69, 9.17) is 4.74 Å². The van der Waals surface area contributed by atoms with Gasteiger partial charge in [0.2, 0.25) is 5.91 Å². The number of methoxy groups -OCH3 is 1. The minimum atomic E-state index is -0.602. The van der Waals surface area contributed by atoms with Crippen molar-refractivity contribution in [3.05, 3.63) is 11.9 Å². The highest BCUT2D eigenvalue weighted by atomic mass is 16.5. The molecule has 1 amide bonds. The van der Waals surface area contributed by atoms with Gasteiger partial charge in [0.05, 0.1) is 24.0 Å². The van der Waals surface area contributed by atoms with Crippen molar-refractivity contribution in [1.29, 1.82) is 0 Å². The van der Waals surface area contributed by atoms with Crippen LogP contribution in [0.5, 0.6) is 0 Å². The molecule has 7 heteroatoms. The van der Waals surface area contributed by atoms with Gasteiger partial charge in [0.1, 0.15) is 5.54 Å². The van der Waals surface area contributed by atoms with Crippen LogP contribution in [0.2, 0.25) is 0 Å². The number of carbonyl (C=O) groups is 1.